The molecule has 2 aliphatic heterocycles. The number of ketones is 1. The summed E-state index contributed by atoms with van der Waals surface area (Å²) in [5.74, 6) is -16.3. The van der Waals surface area contributed by atoms with E-state index in [1.54, 1.807) is 102 Å². The largest absolute Gasteiger partial charge is 0.508 e. The first-order valence-electron chi connectivity index (χ1n) is 42.0. The number of carboxylic acid groups (broad SMARTS) is 1. The number of carbonyl (C=O) groups excluding carboxylic acids is 14. The number of carboxylic acids is 1. The number of allylic oxidation sites excluding steroid dienone is 2. The summed E-state index contributed by atoms with van der Waals surface area (Å²) >= 11 is 0. The van der Waals surface area contributed by atoms with Crippen molar-refractivity contribution in [3.8, 4) is 28.2 Å². The molecular weight excluding hydrogens is 1590 g/mol. The highest BCUT2D eigenvalue weighted by Crippen LogP contribution is 2.42. The summed E-state index contributed by atoms with van der Waals surface area (Å²) in [6.07, 6.45) is 2.14. The number of Topliss-reactive ketones (excluding diaryl/α,β-unsaturated/α-hetero) is 1. The average Bonchev–Trinajstić information content (AvgIpc) is 0.744. The van der Waals surface area contributed by atoms with Gasteiger partial charge in [-0.05, 0) is 143 Å². The van der Waals surface area contributed by atoms with Crippen LogP contribution in [-0.4, -0.2) is 286 Å². The van der Waals surface area contributed by atoms with Gasteiger partial charge < -0.3 is 90.7 Å². The maximum Gasteiger partial charge on any atom is 0.336 e. The first-order chi connectivity index (χ1) is 57.4. The van der Waals surface area contributed by atoms with E-state index in [9.17, 15) is 68.1 Å². The van der Waals surface area contributed by atoms with Crippen molar-refractivity contribution in [2.45, 2.75) is 229 Å². The van der Waals surface area contributed by atoms with E-state index in [2.05, 4.69) is 31.9 Å². The molecule has 2 aromatic rings. The van der Waals surface area contributed by atoms with Crippen molar-refractivity contribution in [1.82, 2.24) is 66.2 Å². The van der Waals surface area contributed by atoms with Gasteiger partial charge >= 0.3 is 5.97 Å². The van der Waals surface area contributed by atoms with Gasteiger partial charge in [0, 0.05) is 90.1 Å². The molecule has 2 aromatic carbocycles. The van der Waals surface area contributed by atoms with Crippen molar-refractivity contribution in [2.24, 2.45) is 41.4 Å². The molecule has 123 heavy (non-hydrogen) atoms. The fourth-order valence-electron chi connectivity index (χ4n) is 15.0. The number of phenolic OH excluding ortho intramolecular Hbond substituents is 1. The Morgan fingerprint density at radius 3 is 1.65 bits per heavy atom. The molecule has 1 fully saturated rings. The number of ether oxygens (including phenoxy) is 1. The van der Waals surface area contributed by atoms with E-state index in [1.165, 1.54) is 115 Å². The zero-order chi connectivity index (χ0) is 93.0. The molecule has 0 spiro atoms. The Morgan fingerprint density at radius 1 is 0.577 bits per heavy atom. The summed E-state index contributed by atoms with van der Waals surface area (Å²) in [6, 6.07) is -4.02. The van der Waals surface area contributed by atoms with E-state index in [0.29, 0.717) is 16.5 Å². The lowest BCUT2D eigenvalue weighted by Gasteiger charge is -2.41. The molecule has 0 radical (unpaired) electrons. The molecule has 1 aliphatic carbocycles. The maximum absolute atomic E-state index is 15.6. The van der Waals surface area contributed by atoms with Crippen LogP contribution in [0, 0.1) is 41.4 Å². The number of hydrogen-bond acceptors (Lipinski definition) is 20. The summed E-state index contributed by atoms with van der Waals surface area (Å²) in [6.45, 7) is 25.6. The second kappa shape index (κ2) is 45.8. The van der Waals surface area contributed by atoms with Crippen LogP contribution < -0.4 is 37.3 Å². The van der Waals surface area contributed by atoms with Crippen LogP contribution >= 0.6 is 0 Å². The van der Waals surface area contributed by atoms with Crippen LogP contribution in [-0.2, 0) is 67.1 Å². The number of aliphatic hydroxyl groups is 1. The van der Waals surface area contributed by atoms with Crippen molar-refractivity contribution in [3.63, 3.8) is 0 Å². The van der Waals surface area contributed by atoms with E-state index < -0.39 is 211 Å². The molecule has 5 rings (SSSR count). The fraction of sp³-hybridized carbons (Fsp3) is 0.596. The zero-order valence-electron chi connectivity index (χ0n) is 75.7. The van der Waals surface area contributed by atoms with Crippen LogP contribution in [0.5, 0.6) is 5.75 Å². The minimum atomic E-state index is -1.82. The van der Waals surface area contributed by atoms with Gasteiger partial charge in [-0.1, -0.05) is 115 Å². The third-order valence-electron chi connectivity index (χ3n) is 22.2. The number of benzene rings is 3. The number of phenols is 1. The van der Waals surface area contributed by atoms with Gasteiger partial charge in [-0.3, -0.25) is 71.9 Å². The molecular formula is C89H131N13O21. The van der Waals surface area contributed by atoms with Crippen molar-refractivity contribution >= 4 is 99.5 Å². The minimum absolute atomic E-state index is 0.00447. The Kier molecular flexibility index (Phi) is 38.1. The number of amides is 13. The monoisotopic (exact) mass is 1720 g/mol. The molecule has 13 amide bonds. The first-order valence-corrected chi connectivity index (χ1v) is 42.0. The highest BCUT2D eigenvalue weighted by molar-refractivity contribution is 6.10. The molecule has 1 unspecified atom stereocenters. The Labute approximate surface area is 721 Å². The van der Waals surface area contributed by atoms with Crippen molar-refractivity contribution in [1.29, 1.82) is 0 Å². The average molecular weight is 1720 g/mol. The summed E-state index contributed by atoms with van der Waals surface area (Å²) in [5.41, 5.74) is -0.0510. The van der Waals surface area contributed by atoms with E-state index >= 15 is 24.0 Å². The molecule has 3 aliphatic rings. The van der Waals surface area contributed by atoms with Crippen LogP contribution in [0.15, 0.2) is 76.0 Å². The number of aromatic hydroxyl groups is 1. The number of nitrogens with zero attached hydrogens (tertiary/aromatic N) is 7. The third-order valence-corrected chi connectivity index (χ3v) is 22.2. The van der Waals surface area contributed by atoms with Crippen molar-refractivity contribution in [3.05, 3.63) is 88.1 Å². The first kappa shape index (κ1) is 102. The lowest BCUT2D eigenvalue weighted by Crippen LogP contribution is -2.63. The zero-order valence-corrected chi connectivity index (χ0v) is 75.7. The summed E-state index contributed by atoms with van der Waals surface area (Å²) in [4.78, 5) is 240. The topological polar surface area (TPSA) is 451 Å². The number of fused-ring (bicyclic) bond motifs is 2. The number of nitrogens with one attached hydrogen (secondary N) is 6. The SMILES string of the molecule is C/C=C\C[C@@H](C)[C@@H](O)C1C(=O)N[C@@H](CC)C(=O)N(C)CC(=O)N(C)[C@@H](CC(C)C)C(=O)N[C@@H](C(C)C)C(=O)N(C)[C@@H](CC(C)C)C(=O)N[C@@H](C)C(=O)N[C@H](COCC(=O)N[C@@H](CNC(=O)c2ccc(-c3c4ccc(=O)cc-4oc4cc(O)ccc34)c(C(=O)O)c2)C(C)=O)C(=O)N(C)[C@@H](CC(C)C)C(=O)N(C)[C@@H](CC(C)C)C(=O)N(C)[C@@H](C(C)C)C(=O)N1C. The molecule has 2 heterocycles. The molecule has 0 bridgehead atoms. The predicted molar refractivity (Wildman–Crippen MR) is 462 cm³/mol. The van der Waals surface area contributed by atoms with Crippen LogP contribution in [0.4, 0.5) is 0 Å². The Morgan fingerprint density at radius 2 is 1.11 bits per heavy atom. The number of rotatable bonds is 26. The highest BCUT2D eigenvalue weighted by atomic mass is 16.5. The number of likely N-dealkylation sites (N-methyl/N-ethyl adjacent to an activating group) is 7. The maximum atomic E-state index is 15.6. The lowest BCUT2D eigenvalue weighted by atomic mass is 9.90. The Balaban J connectivity index is 1.60. The molecule has 0 aromatic heterocycles. The van der Waals surface area contributed by atoms with Crippen molar-refractivity contribution in [2.75, 3.05) is 75.6 Å². The van der Waals surface area contributed by atoms with E-state index in [-0.39, 0.29) is 96.0 Å². The molecule has 34 nitrogen and oxygen atoms in total. The molecule has 9 N–H and O–H groups in total. The number of aromatic carboxylic acids is 1. The number of hydrogen-bond donors (Lipinski definition) is 9. The lowest BCUT2D eigenvalue weighted by molar-refractivity contribution is -0.157. The van der Waals surface area contributed by atoms with Gasteiger partial charge in [-0.25, -0.2) is 4.79 Å². The number of aliphatic hydroxyl groups excluding tert-OH is 1. The second-order valence-electron chi connectivity index (χ2n) is 34.8. The van der Waals surface area contributed by atoms with Gasteiger partial charge in [-0.15, -0.1) is 0 Å². The Bertz CT molecular complexity index is 4540. The molecule has 34 heteroatoms. The van der Waals surface area contributed by atoms with Gasteiger partial charge in [0.25, 0.3) is 5.91 Å². The van der Waals surface area contributed by atoms with Gasteiger partial charge in [-0.2, -0.15) is 0 Å². The van der Waals surface area contributed by atoms with E-state index in [0.717, 1.165) is 37.5 Å². The minimum Gasteiger partial charge on any atom is -0.508 e. The summed E-state index contributed by atoms with van der Waals surface area (Å²) < 4.78 is 11.8. The molecule has 678 valence electrons. The predicted octanol–water partition coefficient (Wildman–Crippen LogP) is 5.05. The third kappa shape index (κ3) is 26.9. The van der Waals surface area contributed by atoms with Gasteiger partial charge in [0.2, 0.25) is 70.9 Å². The smallest absolute Gasteiger partial charge is 0.336 e. The van der Waals surface area contributed by atoms with Crippen LogP contribution in [0.25, 0.3) is 33.4 Å². The quantitative estimate of drug-likeness (QED) is 0.0293. The second-order valence-corrected chi connectivity index (χ2v) is 34.8. The van der Waals surface area contributed by atoms with Crippen LogP contribution in [0.3, 0.4) is 0 Å². The molecule has 1 saturated heterocycles. The summed E-state index contributed by atoms with van der Waals surface area (Å²) in [7, 11) is 9.37. The van der Waals surface area contributed by atoms with Gasteiger partial charge in [0.1, 0.15) is 90.2 Å². The number of carbonyl (C=O) groups is 15. The van der Waals surface area contributed by atoms with E-state index in [4.69, 9.17) is 9.15 Å². The molecule has 0 saturated carbocycles. The standard InChI is InChI=1S/C89H131N13O21/c1-25-27-28-52(15)77(108)76-82(113)93-62(26-2)83(114)96(18)43-72(107)97(19)65(35-46(3)4)81(112)95-74(50(11)12)87(118)98(20)66(36-47(5)6)80(111)91-53(16)78(109)94-64(84(115)99(21)67(37-48(7)8)85(116)100(22)68(38-49(9)10)86(117)101(23)75(51(13)14)88(119)102(76)24)44-122-45-71(106)92-63(54(17)103)42-90-79(110)55-29-32-58(61(39-55)89(120)121)73-59-33-30-56(104)40-69(59)123-70-41-57(105)31-34-60(70)73/h25,27,29-34,39-41,46-53,62-68,74-77,104,108H,26,28,35-38,42-45H2,1-24H3,(H,90,110)(H,91,111)(H,92,106)(H,93,113)(H,94,109)(H,95,112)(H,120,121)/b27-25-/t52-,53+,62+,63+,64-,65+,66+,67+,68+,74+,75+,76?,77-/m1/s1. The summed E-state index contributed by atoms with van der Waals surface area (Å²) in [5, 5.41) is 49.4. The normalized spacial score (nSPS) is 22.4. The van der Waals surface area contributed by atoms with E-state index in [1.807, 2.05) is 13.8 Å². The highest BCUT2D eigenvalue weighted by Gasteiger charge is 2.47. The molecule has 13 atom stereocenters. The van der Waals surface area contributed by atoms with Crippen molar-refractivity contribution < 1.29 is 96.4 Å². The van der Waals surface area contributed by atoms with Crippen LogP contribution in [0.1, 0.15) is 177 Å². The Hall–Kier alpha value is -11.2. The van der Waals surface area contributed by atoms with Gasteiger partial charge in [0.15, 0.2) is 11.2 Å². The fourth-order valence-corrected chi connectivity index (χ4v) is 15.0. The van der Waals surface area contributed by atoms with Crippen LogP contribution in [0.2, 0.25) is 0 Å². The van der Waals surface area contributed by atoms with Gasteiger partial charge in [0.05, 0.1) is 24.8 Å².